The average molecular weight is 464 g/mol. The molecule has 0 spiro atoms. The van der Waals surface area contributed by atoms with Crippen molar-refractivity contribution < 1.29 is 19.1 Å². The first-order chi connectivity index (χ1) is 16.5. The second kappa shape index (κ2) is 9.20. The summed E-state index contributed by atoms with van der Waals surface area (Å²) in [6.45, 7) is 3.41. The Hall–Kier alpha value is -3.22. The minimum absolute atomic E-state index is 0.0513. The fourth-order valence-electron chi connectivity index (χ4n) is 5.97. The van der Waals surface area contributed by atoms with Crippen LogP contribution >= 0.6 is 0 Å². The molecule has 4 atom stereocenters. The molecule has 0 saturated carbocycles. The van der Waals surface area contributed by atoms with Crippen molar-refractivity contribution in [3.8, 4) is 11.5 Å². The number of benzene rings is 2. The van der Waals surface area contributed by atoms with Crippen LogP contribution in [0.25, 0.3) is 0 Å². The molecule has 3 aliphatic heterocycles. The van der Waals surface area contributed by atoms with Gasteiger partial charge in [-0.1, -0.05) is 30.3 Å². The average Bonchev–Trinajstić information content (AvgIpc) is 2.87. The van der Waals surface area contributed by atoms with Crippen molar-refractivity contribution in [2.45, 2.75) is 50.7 Å². The maximum atomic E-state index is 13.5. The first kappa shape index (κ1) is 22.6. The van der Waals surface area contributed by atoms with Crippen LogP contribution in [0.5, 0.6) is 11.5 Å². The predicted molar refractivity (Wildman–Crippen MR) is 129 cm³/mol. The molecule has 2 saturated heterocycles. The summed E-state index contributed by atoms with van der Waals surface area (Å²) in [5, 5.41) is 3.16. The van der Waals surface area contributed by atoms with Crippen LogP contribution in [0.15, 0.2) is 42.5 Å². The second-order valence-electron chi connectivity index (χ2n) is 9.53. The number of urea groups is 1. The summed E-state index contributed by atoms with van der Waals surface area (Å²) < 4.78 is 10.7. The Morgan fingerprint density at radius 1 is 1.09 bits per heavy atom. The van der Waals surface area contributed by atoms with Crippen LogP contribution in [0, 0.1) is 5.92 Å². The first-order valence-corrected chi connectivity index (χ1v) is 12.2. The number of ether oxygens (including phenoxy) is 2. The van der Waals surface area contributed by atoms with E-state index in [0.717, 1.165) is 37.8 Å². The van der Waals surface area contributed by atoms with Gasteiger partial charge in [0.2, 0.25) is 5.91 Å². The van der Waals surface area contributed by atoms with E-state index in [1.54, 1.807) is 14.2 Å². The van der Waals surface area contributed by atoms with Crippen LogP contribution in [-0.4, -0.2) is 55.1 Å². The normalized spacial score (nSPS) is 24.4. The summed E-state index contributed by atoms with van der Waals surface area (Å²) in [5.41, 5.74) is 3.50. The zero-order valence-corrected chi connectivity index (χ0v) is 20.1. The first-order valence-electron chi connectivity index (χ1n) is 12.2. The molecule has 2 aromatic carbocycles. The SMILES string of the molecule is COc1ccc([C@@H](C)NC(=O)N2CCC[C@H]3C(=O)N4CCc5ccccc5[C@@H]4C[C@H]32)cc1OC. The number of carbonyl (C=O) groups excluding carboxylic acids is 2. The Balaban J connectivity index is 1.35. The number of carbonyl (C=O) groups is 2. The van der Waals surface area contributed by atoms with Gasteiger partial charge in [0, 0.05) is 19.1 Å². The molecule has 5 rings (SSSR count). The van der Waals surface area contributed by atoms with E-state index >= 15 is 0 Å². The molecule has 0 aliphatic carbocycles. The molecule has 0 bridgehead atoms. The highest BCUT2D eigenvalue weighted by atomic mass is 16.5. The van der Waals surface area contributed by atoms with E-state index < -0.39 is 0 Å². The second-order valence-corrected chi connectivity index (χ2v) is 9.53. The molecule has 3 aliphatic rings. The highest BCUT2D eigenvalue weighted by molar-refractivity contribution is 5.83. The molecular weight excluding hydrogens is 430 g/mol. The number of likely N-dealkylation sites (tertiary alicyclic amines) is 1. The molecular formula is C27H33N3O4. The zero-order valence-electron chi connectivity index (χ0n) is 20.1. The summed E-state index contributed by atoms with van der Waals surface area (Å²) >= 11 is 0. The lowest BCUT2D eigenvalue weighted by Crippen LogP contribution is -2.61. The molecule has 2 fully saturated rings. The third-order valence-corrected chi connectivity index (χ3v) is 7.76. The summed E-state index contributed by atoms with van der Waals surface area (Å²) in [6.07, 6.45) is 3.40. The van der Waals surface area contributed by atoms with Crippen LogP contribution in [-0.2, 0) is 11.2 Å². The van der Waals surface area contributed by atoms with Gasteiger partial charge >= 0.3 is 6.03 Å². The number of fused-ring (bicyclic) bond motifs is 4. The van der Waals surface area contributed by atoms with Gasteiger partial charge in [0.25, 0.3) is 0 Å². The van der Waals surface area contributed by atoms with Crippen LogP contribution in [0.4, 0.5) is 4.79 Å². The van der Waals surface area contributed by atoms with Gasteiger partial charge in [0.05, 0.1) is 32.2 Å². The molecule has 0 aromatic heterocycles. The standard InChI is InChI=1S/C27H33N3O4/c1-17(19-10-11-24(33-2)25(15-19)34-3)28-27(32)30-13-6-9-21-23(30)16-22-20-8-5-4-7-18(20)12-14-29(22)26(21)31/h4-5,7-8,10-11,15,17,21-23H,6,9,12-14,16H2,1-3H3,(H,28,32)/t17-,21-,22+,23-/m1/s1. The third-order valence-electron chi connectivity index (χ3n) is 7.76. The fraction of sp³-hybridized carbons (Fsp3) is 0.481. The molecule has 7 heteroatoms. The van der Waals surface area contributed by atoms with Gasteiger partial charge in [0.1, 0.15) is 0 Å². The summed E-state index contributed by atoms with van der Waals surface area (Å²) in [4.78, 5) is 30.9. The molecule has 2 aromatic rings. The molecule has 1 N–H and O–H groups in total. The number of amides is 3. The van der Waals surface area contributed by atoms with Gasteiger partial charge in [-0.25, -0.2) is 4.79 Å². The van der Waals surface area contributed by atoms with Crippen molar-refractivity contribution in [3.05, 3.63) is 59.2 Å². The molecule has 180 valence electrons. The van der Waals surface area contributed by atoms with Crippen LogP contribution in [0.2, 0.25) is 0 Å². The van der Waals surface area contributed by atoms with Gasteiger partial charge in [-0.05, 0) is 61.4 Å². The van der Waals surface area contributed by atoms with Gasteiger partial charge in [0.15, 0.2) is 11.5 Å². The topological polar surface area (TPSA) is 71.1 Å². The number of hydrogen-bond donors (Lipinski definition) is 1. The largest absolute Gasteiger partial charge is 0.493 e. The number of piperidine rings is 2. The number of nitrogens with zero attached hydrogens (tertiary/aromatic N) is 2. The van der Waals surface area contributed by atoms with Crippen LogP contribution in [0.1, 0.15) is 55.0 Å². The van der Waals surface area contributed by atoms with Crippen molar-refractivity contribution in [2.75, 3.05) is 27.3 Å². The number of nitrogens with one attached hydrogen (secondary N) is 1. The number of rotatable bonds is 4. The Morgan fingerprint density at radius 2 is 1.88 bits per heavy atom. The molecule has 7 nitrogen and oxygen atoms in total. The molecule has 0 radical (unpaired) electrons. The van der Waals surface area contributed by atoms with E-state index in [-0.39, 0.29) is 36.0 Å². The van der Waals surface area contributed by atoms with Crippen LogP contribution < -0.4 is 14.8 Å². The molecule has 34 heavy (non-hydrogen) atoms. The van der Waals surface area contributed by atoms with E-state index in [1.165, 1.54) is 11.1 Å². The van der Waals surface area contributed by atoms with E-state index in [1.807, 2.05) is 30.0 Å². The van der Waals surface area contributed by atoms with Crippen molar-refractivity contribution in [2.24, 2.45) is 5.92 Å². The maximum absolute atomic E-state index is 13.5. The Morgan fingerprint density at radius 3 is 2.68 bits per heavy atom. The lowest BCUT2D eigenvalue weighted by molar-refractivity contribution is -0.148. The van der Waals surface area contributed by atoms with E-state index in [0.29, 0.717) is 18.0 Å². The lowest BCUT2D eigenvalue weighted by atomic mass is 9.76. The van der Waals surface area contributed by atoms with Crippen molar-refractivity contribution in [3.63, 3.8) is 0 Å². The summed E-state index contributed by atoms with van der Waals surface area (Å²) in [6, 6.07) is 13.8. The molecule has 3 amide bonds. The zero-order chi connectivity index (χ0) is 23.8. The third kappa shape index (κ3) is 3.87. The van der Waals surface area contributed by atoms with Crippen LogP contribution in [0.3, 0.4) is 0 Å². The van der Waals surface area contributed by atoms with Gasteiger partial charge in [-0.15, -0.1) is 0 Å². The monoisotopic (exact) mass is 463 g/mol. The van der Waals surface area contributed by atoms with E-state index in [9.17, 15) is 9.59 Å². The maximum Gasteiger partial charge on any atom is 0.318 e. The highest BCUT2D eigenvalue weighted by Gasteiger charge is 2.48. The lowest BCUT2D eigenvalue weighted by Gasteiger charge is -2.51. The molecule has 3 heterocycles. The Kier molecular flexibility index (Phi) is 6.11. The van der Waals surface area contributed by atoms with Crippen molar-refractivity contribution in [1.82, 2.24) is 15.1 Å². The predicted octanol–water partition coefficient (Wildman–Crippen LogP) is 4.08. The van der Waals surface area contributed by atoms with Gasteiger partial charge < -0.3 is 24.6 Å². The van der Waals surface area contributed by atoms with E-state index in [2.05, 4.69) is 34.5 Å². The number of hydrogen-bond acceptors (Lipinski definition) is 4. The molecule has 0 unspecified atom stereocenters. The smallest absolute Gasteiger partial charge is 0.318 e. The van der Waals surface area contributed by atoms with Gasteiger partial charge in [-0.2, -0.15) is 0 Å². The Bertz CT molecular complexity index is 1090. The van der Waals surface area contributed by atoms with Gasteiger partial charge in [-0.3, -0.25) is 4.79 Å². The number of methoxy groups -OCH3 is 2. The van der Waals surface area contributed by atoms with Crippen molar-refractivity contribution >= 4 is 11.9 Å². The minimum atomic E-state index is -0.209. The minimum Gasteiger partial charge on any atom is -0.493 e. The van der Waals surface area contributed by atoms with E-state index in [4.69, 9.17) is 9.47 Å². The highest BCUT2D eigenvalue weighted by Crippen LogP contribution is 2.43. The van der Waals surface area contributed by atoms with Crippen molar-refractivity contribution in [1.29, 1.82) is 0 Å². The summed E-state index contributed by atoms with van der Waals surface area (Å²) in [5.74, 6) is 1.38. The Labute approximate surface area is 201 Å². The summed E-state index contributed by atoms with van der Waals surface area (Å²) in [7, 11) is 3.21. The quantitative estimate of drug-likeness (QED) is 0.742. The fourth-order valence-corrected chi connectivity index (χ4v) is 5.97.